The second-order valence-electron chi connectivity index (χ2n) is 14.5. The third-order valence-electron chi connectivity index (χ3n) is 9.56. The average Bonchev–Trinajstić information content (AvgIpc) is 3.66. The Labute approximate surface area is 282 Å². The molecular formula is C39H48N4O5. The zero-order valence-electron chi connectivity index (χ0n) is 28.1. The second kappa shape index (κ2) is 14.6. The van der Waals surface area contributed by atoms with Gasteiger partial charge in [-0.05, 0) is 68.0 Å². The number of carbonyl (C=O) groups is 2. The van der Waals surface area contributed by atoms with Gasteiger partial charge in [-0.1, -0.05) is 66.7 Å². The number of benzene rings is 3. The summed E-state index contributed by atoms with van der Waals surface area (Å²) >= 11 is 0. The van der Waals surface area contributed by atoms with Crippen LogP contribution in [0.15, 0.2) is 89.5 Å². The van der Waals surface area contributed by atoms with E-state index >= 15 is 0 Å². The maximum absolute atomic E-state index is 13.9. The van der Waals surface area contributed by atoms with Crippen LogP contribution >= 0.6 is 0 Å². The average molecular weight is 653 g/mol. The van der Waals surface area contributed by atoms with Gasteiger partial charge >= 0.3 is 0 Å². The van der Waals surface area contributed by atoms with Crippen LogP contribution in [0.2, 0.25) is 0 Å². The highest BCUT2D eigenvalue weighted by Gasteiger charge is 2.37. The lowest BCUT2D eigenvalue weighted by Crippen LogP contribution is -2.61. The van der Waals surface area contributed by atoms with Crippen molar-refractivity contribution in [3.63, 3.8) is 0 Å². The number of fused-ring (bicyclic) bond motifs is 2. The van der Waals surface area contributed by atoms with Gasteiger partial charge in [-0.15, -0.1) is 0 Å². The molecule has 1 saturated heterocycles. The van der Waals surface area contributed by atoms with Crippen molar-refractivity contribution in [1.29, 1.82) is 0 Å². The quantitative estimate of drug-likeness (QED) is 0.192. The number of β-amino-alcohol motifs (C(OH)–C–C–N with tert-alkyl or cyclic N) is 1. The van der Waals surface area contributed by atoms with Crippen LogP contribution in [0, 0.1) is 5.92 Å². The number of amides is 2. The Morgan fingerprint density at radius 3 is 2.54 bits per heavy atom. The number of hydrogen-bond acceptors (Lipinski definition) is 7. The number of piperazine rings is 1. The zero-order valence-corrected chi connectivity index (χ0v) is 28.1. The second-order valence-corrected chi connectivity index (χ2v) is 14.5. The molecule has 6 rings (SSSR count). The SMILES string of the molecule is CC(C)(C)NC(=O)[C@@H]1CN(Cc2cccc3occc23)CCN1C[C@@H](O)C[C@@H](Cc1ccccc1)C(=O)N[C@H]1c2ccccc2C[C@H]1O. The third kappa shape index (κ3) is 8.15. The van der Waals surface area contributed by atoms with E-state index in [1.165, 1.54) is 0 Å². The fraction of sp³-hybridized carbons (Fsp3) is 0.436. The van der Waals surface area contributed by atoms with Crippen molar-refractivity contribution in [2.45, 2.75) is 76.4 Å². The van der Waals surface area contributed by atoms with Gasteiger partial charge in [0.15, 0.2) is 0 Å². The Hall–Kier alpha value is -4.02. The minimum Gasteiger partial charge on any atom is -0.464 e. The van der Waals surface area contributed by atoms with Crippen LogP contribution in [0.4, 0.5) is 0 Å². The number of aliphatic hydroxyl groups is 2. The molecule has 0 spiro atoms. The van der Waals surface area contributed by atoms with Gasteiger partial charge in [-0.25, -0.2) is 0 Å². The van der Waals surface area contributed by atoms with Crippen LogP contribution in [-0.4, -0.2) is 81.8 Å². The molecular weight excluding hydrogens is 604 g/mol. The number of rotatable bonds is 11. The van der Waals surface area contributed by atoms with Crippen LogP contribution in [0.5, 0.6) is 0 Å². The van der Waals surface area contributed by atoms with Gasteiger partial charge in [0, 0.05) is 56.0 Å². The van der Waals surface area contributed by atoms with Crippen LogP contribution in [0.3, 0.4) is 0 Å². The molecule has 5 atom stereocenters. The van der Waals surface area contributed by atoms with E-state index in [0.29, 0.717) is 32.5 Å². The minimum absolute atomic E-state index is 0.0756. The molecule has 2 heterocycles. The maximum atomic E-state index is 13.9. The molecule has 0 saturated carbocycles. The predicted molar refractivity (Wildman–Crippen MR) is 186 cm³/mol. The molecule has 0 bridgehead atoms. The number of nitrogens with zero attached hydrogens (tertiary/aromatic N) is 2. The fourth-order valence-electron chi connectivity index (χ4n) is 7.25. The number of carbonyl (C=O) groups excluding carboxylic acids is 2. The Morgan fingerprint density at radius 2 is 1.75 bits per heavy atom. The van der Waals surface area contributed by atoms with E-state index in [2.05, 4.69) is 26.5 Å². The van der Waals surface area contributed by atoms with Gasteiger partial charge < -0.3 is 25.3 Å². The summed E-state index contributed by atoms with van der Waals surface area (Å²) in [7, 11) is 0. The van der Waals surface area contributed by atoms with E-state index in [0.717, 1.165) is 39.8 Å². The van der Waals surface area contributed by atoms with Crippen molar-refractivity contribution in [2.75, 3.05) is 26.2 Å². The molecule has 0 radical (unpaired) electrons. The van der Waals surface area contributed by atoms with Crippen molar-refractivity contribution in [3.8, 4) is 0 Å². The lowest BCUT2D eigenvalue weighted by atomic mass is 9.91. The van der Waals surface area contributed by atoms with E-state index in [9.17, 15) is 19.8 Å². The summed E-state index contributed by atoms with van der Waals surface area (Å²) < 4.78 is 5.61. The summed E-state index contributed by atoms with van der Waals surface area (Å²) in [6.45, 7) is 8.69. The number of nitrogens with one attached hydrogen (secondary N) is 2. The summed E-state index contributed by atoms with van der Waals surface area (Å²) in [6.07, 6.45) is 1.33. The molecule has 1 fully saturated rings. The van der Waals surface area contributed by atoms with E-state index in [1.54, 1.807) is 6.26 Å². The molecule has 4 N–H and O–H groups in total. The summed E-state index contributed by atoms with van der Waals surface area (Å²) in [6, 6.07) is 24.7. The van der Waals surface area contributed by atoms with Crippen molar-refractivity contribution in [1.82, 2.24) is 20.4 Å². The van der Waals surface area contributed by atoms with Crippen LogP contribution in [0.25, 0.3) is 11.0 Å². The Balaban J connectivity index is 1.16. The van der Waals surface area contributed by atoms with Gasteiger partial charge in [-0.3, -0.25) is 19.4 Å². The first kappa shape index (κ1) is 33.9. The van der Waals surface area contributed by atoms with E-state index in [1.807, 2.05) is 93.6 Å². The van der Waals surface area contributed by atoms with E-state index in [4.69, 9.17) is 4.42 Å². The van der Waals surface area contributed by atoms with Crippen molar-refractivity contribution >= 4 is 22.8 Å². The molecule has 1 aliphatic heterocycles. The summed E-state index contributed by atoms with van der Waals surface area (Å²) in [5, 5.41) is 29.7. The molecule has 3 aromatic carbocycles. The van der Waals surface area contributed by atoms with Crippen molar-refractivity contribution < 1.29 is 24.2 Å². The lowest BCUT2D eigenvalue weighted by molar-refractivity contribution is -0.132. The zero-order chi connectivity index (χ0) is 33.8. The van der Waals surface area contributed by atoms with Gasteiger partial charge in [-0.2, -0.15) is 0 Å². The van der Waals surface area contributed by atoms with Crippen LogP contribution in [-0.2, 0) is 29.0 Å². The molecule has 9 heteroatoms. The molecule has 48 heavy (non-hydrogen) atoms. The topological polar surface area (TPSA) is 118 Å². The molecule has 4 aromatic rings. The van der Waals surface area contributed by atoms with Gasteiger partial charge in [0.2, 0.25) is 11.8 Å². The highest BCUT2D eigenvalue weighted by molar-refractivity contribution is 5.83. The molecule has 254 valence electrons. The standard InChI is InChI=1S/C39H48N4O5/c1-39(2,3)41-38(47)33-25-42(23-28-13-9-15-35-31(28)16-19-48-35)17-18-43(33)24-30(44)21-29(20-26-10-5-4-6-11-26)37(46)40-36-32-14-8-7-12-27(32)22-34(36)45/h4-16,19,29-30,33-34,36,44-45H,17-18,20-25H2,1-3H3,(H,40,46)(H,41,47)/t29-,30+,33+,34-,36+/m1/s1. The minimum atomic E-state index is -0.846. The van der Waals surface area contributed by atoms with Gasteiger partial charge in [0.05, 0.1) is 24.5 Å². The maximum Gasteiger partial charge on any atom is 0.239 e. The Morgan fingerprint density at radius 1 is 0.979 bits per heavy atom. The van der Waals surface area contributed by atoms with Gasteiger partial charge in [0.1, 0.15) is 11.6 Å². The summed E-state index contributed by atoms with van der Waals surface area (Å²) in [5.41, 5.74) is 4.56. The normalized spacial score (nSPS) is 21.5. The van der Waals surface area contributed by atoms with E-state index < -0.39 is 35.7 Å². The number of aliphatic hydroxyl groups excluding tert-OH is 2. The molecule has 1 aromatic heterocycles. The largest absolute Gasteiger partial charge is 0.464 e. The molecule has 0 unspecified atom stereocenters. The number of hydrogen-bond donors (Lipinski definition) is 4. The Bertz CT molecular complexity index is 1700. The summed E-state index contributed by atoms with van der Waals surface area (Å²) in [4.78, 5) is 31.9. The first-order valence-electron chi connectivity index (χ1n) is 17.1. The fourth-order valence-corrected chi connectivity index (χ4v) is 7.25. The Kier molecular flexibility index (Phi) is 10.3. The first-order valence-corrected chi connectivity index (χ1v) is 17.1. The number of furan rings is 1. The molecule has 9 nitrogen and oxygen atoms in total. The first-order chi connectivity index (χ1) is 23.0. The van der Waals surface area contributed by atoms with Crippen LogP contribution in [0.1, 0.15) is 55.5 Å². The van der Waals surface area contributed by atoms with Crippen LogP contribution < -0.4 is 10.6 Å². The third-order valence-corrected chi connectivity index (χ3v) is 9.56. The molecule has 2 aliphatic rings. The van der Waals surface area contributed by atoms with Crippen molar-refractivity contribution in [2.24, 2.45) is 5.92 Å². The smallest absolute Gasteiger partial charge is 0.239 e. The van der Waals surface area contributed by atoms with Gasteiger partial charge in [0.25, 0.3) is 0 Å². The lowest BCUT2D eigenvalue weighted by Gasteiger charge is -2.42. The highest BCUT2D eigenvalue weighted by atomic mass is 16.3. The van der Waals surface area contributed by atoms with E-state index in [-0.39, 0.29) is 24.8 Å². The monoisotopic (exact) mass is 652 g/mol. The molecule has 2 amide bonds. The molecule has 1 aliphatic carbocycles. The highest BCUT2D eigenvalue weighted by Crippen LogP contribution is 2.32. The summed E-state index contributed by atoms with van der Waals surface area (Å²) in [5.74, 6) is -0.798. The van der Waals surface area contributed by atoms with Crippen molar-refractivity contribution in [3.05, 3.63) is 107 Å². The predicted octanol–water partition coefficient (Wildman–Crippen LogP) is 4.22.